The number of alkyl halides is 3. The number of benzene rings is 1. The number of nitro groups is 1. The fourth-order valence-corrected chi connectivity index (χ4v) is 1.82. The minimum atomic E-state index is -4.38. The Balaban J connectivity index is 3.18. The quantitative estimate of drug-likeness (QED) is 0.669. The van der Waals surface area contributed by atoms with Crippen molar-refractivity contribution >= 4 is 11.4 Å². The van der Waals surface area contributed by atoms with Gasteiger partial charge in [0.2, 0.25) is 0 Å². The van der Waals surface area contributed by atoms with Gasteiger partial charge >= 0.3 is 6.18 Å². The summed E-state index contributed by atoms with van der Waals surface area (Å²) in [4.78, 5) is 11.1. The molecule has 0 bridgehead atoms. The average molecular weight is 292 g/mol. The lowest BCUT2D eigenvalue weighted by atomic mass is 10.1. The zero-order valence-corrected chi connectivity index (χ0v) is 11.0. The second kappa shape index (κ2) is 6.08. The van der Waals surface area contributed by atoms with Crippen molar-refractivity contribution in [3.63, 3.8) is 0 Å². The van der Waals surface area contributed by atoms with E-state index < -0.39 is 30.3 Å². The van der Waals surface area contributed by atoms with Crippen LogP contribution in [0.2, 0.25) is 0 Å². The summed E-state index contributed by atoms with van der Waals surface area (Å²) in [5.74, 6) is 0. The van der Waals surface area contributed by atoms with Gasteiger partial charge in [0.1, 0.15) is 6.54 Å². The van der Waals surface area contributed by atoms with Crippen molar-refractivity contribution in [3.8, 4) is 0 Å². The molecule has 0 fully saturated rings. The van der Waals surface area contributed by atoms with E-state index in [1.54, 1.807) is 13.8 Å². The van der Waals surface area contributed by atoms with Crippen molar-refractivity contribution in [3.05, 3.63) is 33.9 Å². The third kappa shape index (κ3) is 4.09. The summed E-state index contributed by atoms with van der Waals surface area (Å²) in [6.07, 6.45) is -4.38. The molecule has 1 N–H and O–H groups in total. The first-order valence-electron chi connectivity index (χ1n) is 5.87. The molecule has 0 aliphatic rings. The Bertz CT molecular complexity index is 489. The van der Waals surface area contributed by atoms with Crippen molar-refractivity contribution in [2.75, 3.05) is 11.4 Å². The highest BCUT2D eigenvalue weighted by atomic mass is 19.4. The van der Waals surface area contributed by atoms with E-state index in [4.69, 9.17) is 5.11 Å². The zero-order valence-electron chi connectivity index (χ0n) is 11.0. The molecule has 1 aromatic carbocycles. The summed E-state index contributed by atoms with van der Waals surface area (Å²) in [7, 11) is 0. The summed E-state index contributed by atoms with van der Waals surface area (Å²) in [6, 6.07) is 3.13. The van der Waals surface area contributed by atoms with Crippen molar-refractivity contribution < 1.29 is 23.2 Å². The highest BCUT2D eigenvalue weighted by Crippen LogP contribution is 2.29. The SMILES string of the molecule is CC(C)N(CC(F)(F)F)c1ccc([N+](=O)[O-])c(CO)c1. The molecule has 0 aromatic heterocycles. The van der Waals surface area contributed by atoms with E-state index in [0.717, 1.165) is 11.0 Å². The number of nitro benzene ring substituents is 1. The monoisotopic (exact) mass is 292 g/mol. The van der Waals surface area contributed by atoms with Gasteiger partial charge in [0.25, 0.3) is 5.69 Å². The van der Waals surface area contributed by atoms with Gasteiger partial charge in [0.05, 0.1) is 17.1 Å². The van der Waals surface area contributed by atoms with Crippen molar-refractivity contribution in [2.45, 2.75) is 32.7 Å². The van der Waals surface area contributed by atoms with Crippen LogP contribution in [0.4, 0.5) is 24.5 Å². The lowest BCUT2D eigenvalue weighted by Crippen LogP contribution is -2.39. The molecule has 0 unspecified atom stereocenters. The van der Waals surface area contributed by atoms with E-state index in [1.807, 2.05) is 0 Å². The number of hydrogen-bond acceptors (Lipinski definition) is 4. The van der Waals surface area contributed by atoms with Gasteiger partial charge in [-0.25, -0.2) is 0 Å². The molecular formula is C12H15F3N2O3. The molecule has 0 heterocycles. The highest BCUT2D eigenvalue weighted by molar-refractivity contribution is 5.56. The maximum Gasteiger partial charge on any atom is 0.405 e. The largest absolute Gasteiger partial charge is 0.405 e. The Morgan fingerprint density at radius 1 is 1.40 bits per heavy atom. The topological polar surface area (TPSA) is 66.6 Å². The number of anilines is 1. The summed E-state index contributed by atoms with van der Waals surface area (Å²) in [6.45, 7) is 1.41. The molecule has 112 valence electrons. The molecular weight excluding hydrogens is 277 g/mol. The number of hydrogen-bond donors (Lipinski definition) is 1. The molecule has 0 saturated carbocycles. The Labute approximate surface area is 113 Å². The molecule has 0 aliphatic heterocycles. The number of aliphatic hydroxyl groups excluding tert-OH is 1. The van der Waals surface area contributed by atoms with E-state index in [1.165, 1.54) is 12.1 Å². The molecule has 1 rings (SSSR count). The first-order chi connectivity index (χ1) is 9.15. The fraction of sp³-hybridized carbons (Fsp3) is 0.500. The van der Waals surface area contributed by atoms with Crippen molar-refractivity contribution in [2.24, 2.45) is 0 Å². The maximum absolute atomic E-state index is 12.5. The minimum Gasteiger partial charge on any atom is -0.391 e. The molecule has 1 aromatic rings. The summed E-state index contributed by atoms with van der Waals surface area (Å²) < 4.78 is 37.6. The molecule has 0 atom stereocenters. The number of rotatable bonds is 5. The predicted octanol–water partition coefficient (Wildman–Crippen LogP) is 2.86. The normalized spacial score (nSPS) is 11.8. The maximum atomic E-state index is 12.5. The van der Waals surface area contributed by atoms with Crippen LogP contribution in [-0.4, -0.2) is 28.8 Å². The first-order valence-corrected chi connectivity index (χ1v) is 5.87. The lowest BCUT2D eigenvalue weighted by Gasteiger charge is -2.30. The van der Waals surface area contributed by atoms with Crippen LogP contribution < -0.4 is 4.90 Å². The highest BCUT2D eigenvalue weighted by Gasteiger charge is 2.32. The molecule has 8 heteroatoms. The Morgan fingerprint density at radius 3 is 2.40 bits per heavy atom. The van der Waals surface area contributed by atoms with Crippen LogP contribution in [0, 0.1) is 10.1 Å². The second-order valence-corrected chi connectivity index (χ2v) is 4.57. The fourth-order valence-electron chi connectivity index (χ4n) is 1.82. The Kier molecular flexibility index (Phi) is 4.93. The zero-order chi connectivity index (χ0) is 15.5. The van der Waals surface area contributed by atoms with Crippen LogP contribution in [0.25, 0.3) is 0 Å². The molecule has 0 radical (unpaired) electrons. The number of halogens is 3. The van der Waals surface area contributed by atoms with Crippen molar-refractivity contribution in [1.82, 2.24) is 0 Å². The average Bonchev–Trinajstić information content (AvgIpc) is 2.33. The van der Waals surface area contributed by atoms with Gasteiger partial charge in [-0.15, -0.1) is 0 Å². The second-order valence-electron chi connectivity index (χ2n) is 4.57. The number of aliphatic hydroxyl groups is 1. The standard InChI is InChI=1S/C12H15F3N2O3/c1-8(2)16(7-12(13,14)15)10-3-4-11(17(19)20)9(5-10)6-18/h3-5,8,18H,6-7H2,1-2H3. The van der Waals surface area contributed by atoms with E-state index >= 15 is 0 Å². The van der Waals surface area contributed by atoms with E-state index in [0.29, 0.717) is 0 Å². The third-order valence-corrected chi connectivity index (χ3v) is 2.73. The van der Waals surface area contributed by atoms with Crippen LogP contribution in [0.1, 0.15) is 19.4 Å². The molecule has 5 nitrogen and oxygen atoms in total. The number of nitrogens with zero attached hydrogens (tertiary/aromatic N) is 2. The van der Waals surface area contributed by atoms with Gasteiger partial charge in [-0.2, -0.15) is 13.2 Å². The van der Waals surface area contributed by atoms with Gasteiger partial charge in [-0.1, -0.05) is 0 Å². The van der Waals surface area contributed by atoms with E-state index in [-0.39, 0.29) is 16.9 Å². The molecule has 0 aliphatic carbocycles. The molecule has 0 spiro atoms. The summed E-state index contributed by atoms with van der Waals surface area (Å²) >= 11 is 0. The minimum absolute atomic E-state index is 0.0136. The van der Waals surface area contributed by atoms with Crippen LogP contribution >= 0.6 is 0 Å². The van der Waals surface area contributed by atoms with Gasteiger partial charge < -0.3 is 10.0 Å². The van der Waals surface area contributed by atoms with Crippen LogP contribution in [0.5, 0.6) is 0 Å². The summed E-state index contributed by atoms with van der Waals surface area (Å²) in [5, 5.41) is 19.8. The summed E-state index contributed by atoms with van der Waals surface area (Å²) in [5.41, 5.74) is -0.140. The van der Waals surface area contributed by atoms with Gasteiger partial charge in [-0.05, 0) is 26.0 Å². The van der Waals surface area contributed by atoms with Gasteiger partial charge in [0.15, 0.2) is 0 Å². The molecule has 0 saturated heterocycles. The first kappa shape index (κ1) is 16.2. The van der Waals surface area contributed by atoms with E-state index in [2.05, 4.69) is 0 Å². The third-order valence-electron chi connectivity index (χ3n) is 2.73. The Hall–Kier alpha value is -1.83. The van der Waals surface area contributed by atoms with Crippen LogP contribution in [-0.2, 0) is 6.61 Å². The molecule has 0 amide bonds. The van der Waals surface area contributed by atoms with Crippen molar-refractivity contribution in [1.29, 1.82) is 0 Å². The Morgan fingerprint density at radius 2 is 2.00 bits per heavy atom. The van der Waals surface area contributed by atoms with Crippen LogP contribution in [0.3, 0.4) is 0 Å². The van der Waals surface area contributed by atoms with Crippen LogP contribution in [0.15, 0.2) is 18.2 Å². The molecule has 20 heavy (non-hydrogen) atoms. The predicted molar refractivity (Wildman–Crippen MR) is 67.6 cm³/mol. The van der Waals surface area contributed by atoms with Gasteiger partial charge in [-0.3, -0.25) is 10.1 Å². The smallest absolute Gasteiger partial charge is 0.391 e. The van der Waals surface area contributed by atoms with Gasteiger partial charge in [0, 0.05) is 17.8 Å². The van der Waals surface area contributed by atoms with E-state index in [9.17, 15) is 23.3 Å². The lowest BCUT2D eigenvalue weighted by molar-refractivity contribution is -0.385.